The highest BCUT2D eigenvalue weighted by Crippen LogP contribution is 1.97. The summed E-state index contributed by atoms with van der Waals surface area (Å²) in [6.45, 7) is 4.49. The van der Waals surface area contributed by atoms with E-state index in [4.69, 9.17) is 16.3 Å². The lowest BCUT2D eigenvalue weighted by molar-refractivity contribution is 0.0911. The monoisotopic (exact) mass is 271 g/mol. The molecule has 0 rings (SSSR count). The molecule has 0 fully saturated rings. The van der Waals surface area contributed by atoms with Crippen molar-refractivity contribution in [3.8, 4) is 0 Å². The van der Waals surface area contributed by atoms with Crippen molar-refractivity contribution in [2.45, 2.75) is 39.2 Å². The zero-order chi connectivity index (χ0) is 12.4. The Hall–Kier alpha value is 0.160. The van der Waals surface area contributed by atoms with Gasteiger partial charge in [0.05, 0.1) is 18.5 Å². The molecule has 0 heterocycles. The second-order valence-electron chi connectivity index (χ2n) is 3.88. The van der Waals surface area contributed by atoms with Crippen molar-refractivity contribution >= 4 is 21.6 Å². The minimum Gasteiger partial charge on any atom is -0.378 e. The third-order valence-electron chi connectivity index (χ3n) is 1.94. The molecule has 0 atom stereocenters. The molecule has 6 heteroatoms. The molecule has 0 saturated heterocycles. The highest BCUT2D eigenvalue weighted by Gasteiger charge is 2.09. The summed E-state index contributed by atoms with van der Waals surface area (Å²) in [5.74, 6) is 0.662. The van der Waals surface area contributed by atoms with Gasteiger partial charge in [0.25, 0.3) is 0 Å². The lowest BCUT2D eigenvalue weighted by atomic mass is 10.2. The Balaban J connectivity index is 3.55. The molecule has 0 aromatic rings. The average Bonchev–Trinajstić information content (AvgIpc) is 2.16. The van der Waals surface area contributed by atoms with Crippen molar-refractivity contribution in [1.82, 2.24) is 4.72 Å². The van der Waals surface area contributed by atoms with E-state index < -0.39 is 10.0 Å². The maximum atomic E-state index is 11.4. The fourth-order valence-electron chi connectivity index (χ4n) is 1.09. The zero-order valence-electron chi connectivity index (χ0n) is 10.0. The fourth-order valence-corrected chi connectivity index (χ4v) is 2.19. The van der Waals surface area contributed by atoms with Crippen molar-refractivity contribution in [2.75, 3.05) is 24.8 Å². The lowest BCUT2D eigenvalue weighted by Crippen LogP contribution is -2.29. The predicted molar refractivity (Wildman–Crippen MR) is 67.4 cm³/mol. The number of unbranched alkanes of at least 4 members (excludes halogenated alkanes) is 2. The van der Waals surface area contributed by atoms with E-state index in [0.29, 0.717) is 12.4 Å². The van der Waals surface area contributed by atoms with Crippen LogP contribution in [-0.4, -0.2) is 39.3 Å². The first-order valence-electron chi connectivity index (χ1n) is 5.63. The Morgan fingerprint density at radius 3 is 2.50 bits per heavy atom. The first-order chi connectivity index (χ1) is 7.48. The molecule has 0 spiro atoms. The third-order valence-corrected chi connectivity index (χ3v) is 3.55. The summed E-state index contributed by atoms with van der Waals surface area (Å²) in [6, 6.07) is 0. The lowest BCUT2D eigenvalue weighted by Gasteiger charge is -2.09. The second kappa shape index (κ2) is 9.22. The number of sulfonamides is 1. The Bertz CT molecular complexity index is 255. The van der Waals surface area contributed by atoms with Crippen LogP contribution in [0.2, 0.25) is 0 Å². The first-order valence-corrected chi connectivity index (χ1v) is 7.81. The summed E-state index contributed by atoms with van der Waals surface area (Å²) in [7, 11) is -3.17. The van der Waals surface area contributed by atoms with Gasteiger partial charge < -0.3 is 4.74 Å². The van der Waals surface area contributed by atoms with Gasteiger partial charge in [0.2, 0.25) is 10.0 Å². The highest BCUT2D eigenvalue weighted by molar-refractivity contribution is 7.89. The van der Waals surface area contributed by atoms with Crippen LogP contribution in [0, 0.1) is 0 Å². The van der Waals surface area contributed by atoms with E-state index in [1.807, 2.05) is 13.8 Å². The number of halogens is 1. The summed E-state index contributed by atoms with van der Waals surface area (Å²) in [5.41, 5.74) is 0. The van der Waals surface area contributed by atoms with E-state index in [2.05, 4.69) is 4.72 Å². The summed E-state index contributed by atoms with van der Waals surface area (Å²) < 4.78 is 30.6. The molecule has 98 valence electrons. The van der Waals surface area contributed by atoms with Crippen LogP contribution >= 0.6 is 11.6 Å². The Kier molecular flexibility index (Phi) is 9.31. The number of hydrogen-bond donors (Lipinski definition) is 1. The van der Waals surface area contributed by atoms with Crippen LogP contribution in [0.4, 0.5) is 0 Å². The van der Waals surface area contributed by atoms with Crippen LogP contribution < -0.4 is 4.72 Å². The van der Waals surface area contributed by atoms with E-state index in [0.717, 1.165) is 19.3 Å². The summed E-state index contributed by atoms with van der Waals surface area (Å²) in [6.07, 6.45) is 2.78. The van der Waals surface area contributed by atoms with Crippen LogP contribution in [0.15, 0.2) is 0 Å². The van der Waals surface area contributed by atoms with Gasteiger partial charge in [-0.05, 0) is 26.7 Å². The fraction of sp³-hybridized carbons (Fsp3) is 1.00. The van der Waals surface area contributed by atoms with Crippen molar-refractivity contribution in [2.24, 2.45) is 0 Å². The molecule has 4 nitrogen and oxygen atoms in total. The van der Waals surface area contributed by atoms with Gasteiger partial charge in [-0.25, -0.2) is 13.1 Å². The van der Waals surface area contributed by atoms with Gasteiger partial charge in [-0.1, -0.05) is 6.42 Å². The molecular weight excluding hydrogens is 250 g/mol. The van der Waals surface area contributed by atoms with Crippen LogP contribution in [0.25, 0.3) is 0 Å². The highest BCUT2D eigenvalue weighted by atomic mass is 35.5. The Labute approximate surface area is 104 Å². The summed E-state index contributed by atoms with van der Waals surface area (Å²) >= 11 is 5.51. The van der Waals surface area contributed by atoms with Crippen LogP contribution in [0.1, 0.15) is 33.1 Å². The summed E-state index contributed by atoms with van der Waals surface area (Å²) in [4.78, 5) is 0. The van der Waals surface area contributed by atoms with Crippen LogP contribution in [-0.2, 0) is 14.8 Å². The van der Waals surface area contributed by atoms with E-state index in [1.165, 1.54) is 0 Å². The Morgan fingerprint density at radius 2 is 1.94 bits per heavy atom. The number of hydrogen-bond acceptors (Lipinski definition) is 3. The molecule has 0 saturated carbocycles. The number of ether oxygens (including phenoxy) is 1. The predicted octanol–water partition coefficient (Wildman–Crippen LogP) is 1.74. The SMILES string of the molecule is CC(C)OCCS(=O)(=O)NCCCCCCl. The zero-order valence-corrected chi connectivity index (χ0v) is 11.6. The van der Waals surface area contributed by atoms with Gasteiger partial charge in [-0.2, -0.15) is 0 Å². The summed E-state index contributed by atoms with van der Waals surface area (Å²) in [5, 5.41) is 0. The molecule has 0 aliphatic rings. The molecular formula is C10H22ClNO3S. The van der Waals surface area contributed by atoms with Crippen molar-refractivity contribution < 1.29 is 13.2 Å². The average molecular weight is 272 g/mol. The quantitative estimate of drug-likeness (QED) is 0.486. The number of rotatable bonds is 10. The standard InChI is InChI=1S/C10H22ClNO3S/c1-10(2)15-8-9-16(13,14)12-7-5-3-4-6-11/h10,12H,3-9H2,1-2H3. The molecule has 0 bridgehead atoms. The minimum absolute atomic E-state index is 0.0285. The van der Waals surface area contributed by atoms with Gasteiger partial charge in [0.1, 0.15) is 0 Å². The van der Waals surface area contributed by atoms with Crippen molar-refractivity contribution in [3.63, 3.8) is 0 Å². The normalized spacial score (nSPS) is 12.2. The van der Waals surface area contributed by atoms with E-state index >= 15 is 0 Å². The minimum atomic E-state index is -3.17. The molecule has 0 radical (unpaired) electrons. The topological polar surface area (TPSA) is 55.4 Å². The van der Waals surface area contributed by atoms with Gasteiger partial charge in [0.15, 0.2) is 0 Å². The van der Waals surface area contributed by atoms with Gasteiger partial charge in [-0.15, -0.1) is 11.6 Å². The number of nitrogens with one attached hydrogen (secondary N) is 1. The van der Waals surface area contributed by atoms with Gasteiger partial charge >= 0.3 is 0 Å². The van der Waals surface area contributed by atoms with Gasteiger partial charge in [-0.3, -0.25) is 0 Å². The van der Waals surface area contributed by atoms with Gasteiger partial charge in [0, 0.05) is 12.4 Å². The molecule has 16 heavy (non-hydrogen) atoms. The molecule has 0 aliphatic heterocycles. The van der Waals surface area contributed by atoms with Crippen molar-refractivity contribution in [1.29, 1.82) is 0 Å². The van der Waals surface area contributed by atoms with Crippen LogP contribution in [0.3, 0.4) is 0 Å². The third kappa shape index (κ3) is 10.7. The van der Waals surface area contributed by atoms with Crippen molar-refractivity contribution in [3.05, 3.63) is 0 Å². The largest absolute Gasteiger partial charge is 0.378 e. The molecule has 0 aromatic heterocycles. The van der Waals surface area contributed by atoms with Crippen LogP contribution in [0.5, 0.6) is 0 Å². The molecule has 0 aromatic carbocycles. The molecule has 0 unspecified atom stereocenters. The van der Waals surface area contributed by atoms with E-state index in [-0.39, 0.29) is 18.5 Å². The maximum absolute atomic E-state index is 11.4. The van der Waals surface area contributed by atoms with E-state index in [1.54, 1.807) is 0 Å². The Morgan fingerprint density at radius 1 is 1.25 bits per heavy atom. The molecule has 0 amide bonds. The molecule has 1 N–H and O–H groups in total. The second-order valence-corrected chi connectivity index (χ2v) is 6.19. The molecule has 0 aliphatic carbocycles. The van der Waals surface area contributed by atoms with E-state index in [9.17, 15) is 8.42 Å². The number of alkyl halides is 1. The smallest absolute Gasteiger partial charge is 0.213 e. The maximum Gasteiger partial charge on any atom is 0.213 e. The first kappa shape index (κ1) is 16.2.